The van der Waals surface area contributed by atoms with Crippen LogP contribution in [0.25, 0.3) is 21.8 Å². The molecule has 0 saturated heterocycles. The van der Waals surface area contributed by atoms with Crippen molar-refractivity contribution in [2.24, 2.45) is 0 Å². The molecule has 136 valence electrons. The highest BCUT2D eigenvalue weighted by Gasteiger charge is 2.14. The quantitative estimate of drug-likeness (QED) is 0.355. The number of benzene rings is 1. The Kier molecular flexibility index (Phi) is 4.03. The summed E-state index contributed by atoms with van der Waals surface area (Å²) in [5, 5.41) is 20.0. The summed E-state index contributed by atoms with van der Waals surface area (Å²) in [5.74, 6) is 0. The number of allylic oxidation sites excluding steroid dienone is 1. The van der Waals surface area contributed by atoms with Crippen molar-refractivity contribution in [3.8, 4) is 0 Å². The molecule has 3 aromatic heterocycles. The zero-order valence-electron chi connectivity index (χ0n) is 14.4. The molecule has 0 unspecified atom stereocenters. The highest BCUT2D eigenvalue weighted by Crippen LogP contribution is 2.15. The lowest BCUT2D eigenvalue weighted by Crippen LogP contribution is -2.27. The van der Waals surface area contributed by atoms with Gasteiger partial charge in [0.25, 0.3) is 11.1 Å². The molecule has 11 nitrogen and oxygen atoms in total. The van der Waals surface area contributed by atoms with Crippen LogP contribution in [0.4, 0.5) is 0 Å². The van der Waals surface area contributed by atoms with Gasteiger partial charge in [-0.1, -0.05) is 11.3 Å². The molecule has 0 spiro atoms. The number of aromatic nitrogens is 9. The maximum absolute atomic E-state index is 12.9. The van der Waals surface area contributed by atoms with E-state index < -0.39 is 0 Å². The number of rotatable bonds is 5. The largest absolute Gasteiger partial charge is 0.294 e. The topological polar surface area (TPSA) is 126 Å². The second-order valence-corrected chi connectivity index (χ2v) is 6.05. The Morgan fingerprint density at radius 2 is 1.93 bits per heavy atom. The molecule has 0 bridgehead atoms. The molecule has 0 aliphatic heterocycles. The lowest BCUT2D eigenvalue weighted by molar-refractivity contribution is 0.389. The highest BCUT2D eigenvalue weighted by atomic mass is 16.1. The van der Waals surface area contributed by atoms with Crippen LogP contribution in [0.5, 0.6) is 0 Å². The summed E-state index contributed by atoms with van der Waals surface area (Å²) in [4.78, 5) is 31.1. The van der Waals surface area contributed by atoms with Gasteiger partial charge in [0.05, 0.1) is 41.7 Å². The molecule has 11 heteroatoms. The van der Waals surface area contributed by atoms with Crippen molar-refractivity contribution in [1.82, 2.24) is 44.8 Å². The van der Waals surface area contributed by atoms with Crippen LogP contribution in [0.1, 0.15) is 13.0 Å². The van der Waals surface area contributed by atoms with Gasteiger partial charge in [-0.15, -0.1) is 21.9 Å². The molecule has 0 aliphatic carbocycles. The molecule has 1 aromatic carbocycles. The number of nitrogens with zero attached hydrogens (tertiary/aromatic N) is 9. The van der Waals surface area contributed by atoms with Crippen LogP contribution in [-0.2, 0) is 13.1 Å². The normalized spacial score (nSPS) is 12.5. The zero-order chi connectivity index (χ0) is 19.0. The SMILES string of the molecule is C=CCn1nnc2cc3c(=O)n([C@H](C)Cn4ncnn4)cnc3cc2c1=O. The first-order chi connectivity index (χ1) is 13.1. The van der Waals surface area contributed by atoms with Gasteiger partial charge in [-0.25, -0.2) is 9.67 Å². The van der Waals surface area contributed by atoms with Gasteiger partial charge in [0.2, 0.25) is 0 Å². The summed E-state index contributed by atoms with van der Waals surface area (Å²) in [6, 6.07) is 2.87. The third-order valence-corrected chi connectivity index (χ3v) is 4.22. The molecule has 3 heterocycles. The van der Waals surface area contributed by atoms with Gasteiger partial charge in [0, 0.05) is 0 Å². The first-order valence-electron chi connectivity index (χ1n) is 8.18. The molecule has 4 rings (SSSR count). The van der Waals surface area contributed by atoms with Crippen LogP contribution in [0, 0.1) is 0 Å². The summed E-state index contributed by atoms with van der Waals surface area (Å²) in [6.45, 7) is 6.07. The first kappa shape index (κ1) is 16.7. The zero-order valence-corrected chi connectivity index (χ0v) is 14.4. The molecule has 0 fully saturated rings. The van der Waals surface area contributed by atoms with Crippen LogP contribution in [0.2, 0.25) is 0 Å². The van der Waals surface area contributed by atoms with Gasteiger partial charge in [-0.05, 0) is 24.3 Å². The van der Waals surface area contributed by atoms with Gasteiger partial charge in [0.1, 0.15) is 5.52 Å². The molecule has 4 aromatic rings. The number of tetrazole rings is 1. The van der Waals surface area contributed by atoms with E-state index in [2.05, 4.69) is 37.3 Å². The third-order valence-electron chi connectivity index (χ3n) is 4.22. The summed E-state index contributed by atoms with van der Waals surface area (Å²) >= 11 is 0. The minimum absolute atomic E-state index is 0.244. The smallest absolute Gasteiger partial charge is 0.277 e. The summed E-state index contributed by atoms with van der Waals surface area (Å²) in [6.07, 6.45) is 4.35. The second kappa shape index (κ2) is 6.52. The maximum atomic E-state index is 12.9. The minimum atomic E-state index is -0.307. The van der Waals surface area contributed by atoms with Crippen molar-refractivity contribution >= 4 is 21.8 Å². The van der Waals surface area contributed by atoms with Crippen molar-refractivity contribution in [1.29, 1.82) is 0 Å². The molecular formula is C16H15N9O2. The molecule has 27 heavy (non-hydrogen) atoms. The average molecular weight is 365 g/mol. The molecule has 0 saturated carbocycles. The Balaban J connectivity index is 1.84. The second-order valence-electron chi connectivity index (χ2n) is 6.05. The van der Waals surface area contributed by atoms with E-state index in [1.807, 2.05) is 6.92 Å². The molecular weight excluding hydrogens is 350 g/mol. The Labute approximate surface area is 151 Å². The Hall–Kier alpha value is -3.76. The molecule has 0 N–H and O–H groups in total. The van der Waals surface area contributed by atoms with Crippen molar-refractivity contribution in [3.63, 3.8) is 0 Å². The van der Waals surface area contributed by atoms with E-state index in [9.17, 15) is 9.59 Å². The fraction of sp³-hybridized carbons (Fsp3) is 0.250. The fourth-order valence-corrected chi connectivity index (χ4v) is 2.86. The standard InChI is InChI=1S/C16H15N9O2/c1-3-4-24-16(27)12-5-13-11(6-14(12)20-22-24)15(26)23(9-17-13)10(2)7-25-19-8-18-21-25/h3,5-6,8-10H,1,4,7H2,2H3/t10-/m1/s1. The van der Waals surface area contributed by atoms with Crippen LogP contribution >= 0.6 is 0 Å². The van der Waals surface area contributed by atoms with E-state index in [0.717, 1.165) is 0 Å². The van der Waals surface area contributed by atoms with Gasteiger partial charge < -0.3 is 0 Å². The van der Waals surface area contributed by atoms with Gasteiger partial charge >= 0.3 is 0 Å². The third kappa shape index (κ3) is 2.88. The van der Waals surface area contributed by atoms with Gasteiger partial charge in [-0.2, -0.15) is 4.80 Å². The summed E-state index contributed by atoms with van der Waals surface area (Å²) in [7, 11) is 0. The van der Waals surface area contributed by atoms with Crippen molar-refractivity contribution in [2.75, 3.05) is 0 Å². The molecule has 0 amide bonds. The maximum Gasteiger partial charge on any atom is 0.277 e. The van der Waals surface area contributed by atoms with E-state index in [1.165, 1.54) is 26.7 Å². The lowest BCUT2D eigenvalue weighted by atomic mass is 10.1. The lowest BCUT2D eigenvalue weighted by Gasteiger charge is -2.14. The van der Waals surface area contributed by atoms with Crippen LogP contribution in [-0.4, -0.2) is 44.8 Å². The van der Waals surface area contributed by atoms with E-state index in [0.29, 0.717) is 28.4 Å². The number of hydrogen-bond acceptors (Lipinski definition) is 8. The Morgan fingerprint density at radius 3 is 2.67 bits per heavy atom. The Morgan fingerprint density at radius 1 is 1.15 bits per heavy atom. The fourth-order valence-electron chi connectivity index (χ4n) is 2.86. The van der Waals surface area contributed by atoms with E-state index >= 15 is 0 Å². The van der Waals surface area contributed by atoms with Crippen LogP contribution < -0.4 is 11.1 Å². The van der Waals surface area contributed by atoms with E-state index in [4.69, 9.17) is 0 Å². The Bertz CT molecular complexity index is 1260. The van der Waals surface area contributed by atoms with Gasteiger partial charge in [0.15, 0.2) is 6.33 Å². The van der Waals surface area contributed by atoms with Gasteiger partial charge in [-0.3, -0.25) is 14.2 Å². The monoisotopic (exact) mass is 365 g/mol. The predicted octanol–water partition coefficient (Wildman–Crippen LogP) is -0.0649. The highest BCUT2D eigenvalue weighted by molar-refractivity contribution is 5.93. The molecule has 0 radical (unpaired) electrons. The first-order valence-corrected chi connectivity index (χ1v) is 8.18. The number of hydrogen-bond donors (Lipinski definition) is 0. The van der Waals surface area contributed by atoms with E-state index in [1.54, 1.807) is 18.2 Å². The minimum Gasteiger partial charge on any atom is -0.294 e. The van der Waals surface area contributed by atoms with Crippen molar-refractivity contribution in [2.45, 2.75) is 26.1 Å². The number of fused-ring (bicyclic) bond motifs is 2. The average Bonchev–Trinajstić information content (AvgIpc) is 3.17. The van der Waals surface area contributed by atoms with Crippen molar-refractivity contribution < 1.29 is 0 Å². The molecule has 0 aliphatic rings. The van der Waals surface area contributed by atoms with Crippen LogP contribution in [0.3, 0.4) is 0 Å². The predicted molar refractivity (Wildman–Crippen MR) is 96.1 cm³/mol. The summed E-state index contributed by atoms with van der Waals surface area (Å²) in [5.41, 5.74) is 0.213. The van der Waals surface area contributed by atoms with Crippen molar-refractivity contribution in [3.05, 3.63) is 58.1 Å². The van der Waals surface area contributed by atoms with Crippen LogP contribution in [0.15, 0.2) is 47.0 Å². The summed E-state index contributed by atoms with van der Waals surface area (Å²) < 4.78 is 2.69. The molecule has 1 atom stereocenters. The van der Waals surface area contributed by atoms with E-state index in [-0.39, 0.29) is 23.7 Å².